The van der Waals surface area contributed by atoms with Gasteiger partial charge >= 0.3 is 6.09 Å². The largest absolute Gasteiger partial charge is 0.444 e. The van der Waals surface area contributed by atoms with E-state index in [4.69, 9.17) is 9.47 Å². The maximum Gasteiger partial charge on any atom is 0.410 e. The van der Waals surface area contributed by atoms with Gasteiger partial charge < -0.3 is 19.7 Å². The van der Waals surface area contributed by atoms with Crippen LogP contribution in [0.4, 0.5) is 4.79 Å². The lowest BCUT2D eigenvalue weighted by atomic mass is 10.1. The highest BCUT2D eigenvalue weighted by molar-refractivity contribution is 5.68. The number of carbonyl (C=O) groups is 1. The standard InChI is InChI=1S/C17H31N3O3/c1-17(2,3)23-16(21)20-10-14(15(11-20)22-4)18-12-7-8-19(9-12)13-5-6-13/h12-15,18H,5-11H2,1-4H3/t12?,14?,15-/m0/s1. The fourth-order valence-electron chi connectivity index (χ4n) is 3.65. The Kier molecular flexibility index (Phi) is 4.85. The van der Waals surface area contributed by atoms with Gasteiger partial charge in [0.2, 0.25) is 0 Å². The molecule has 2 unspecified atom stereocenters. The van der Waals surface area contributed by atoms with E-state index in [1.807, 2.05) is 20.8 Å². The Bertz CT molecular complexity index is 433. The van der Waals surface area contributed by atoms with Crippen molar-refractivity contribution in [2.75, 3.05) is 33.3 Å². The first-order valence-corrected chi connectivity index (χ1v) is 8.86. The van der Waals surface area contributed by atoms with Gasteiger partial charge in [-0.05, 0) is 40.0 Å². The summed E-state index contributed by atoms with van der Waals surface area (Å²) in [6.45, 7) is 9.28. The average molecular weight is 325 g/mol. The first kappa shape index (κ1) is 17.0. The van der Waals surface area contributed by atoms with Crippen molar-refractivity contribution in [3.63, 3.8) is 0 Å². The minimum Gasteiger partial charge on any atom is -0.444 e. The van der Waals surface area contributed by atoms with E-state index in [1.165, 1.54) is 25.8 Å². The van der Waals surface area contributed by atoms with Crippen molar-refractivity contribution >= 4 is 6.09 Å². The number of carbonyl (C=O) groups excluding carboxylic acids is 1. The number of amides is 1. The molecule has 23 heavy (non-hydrogen) atoms. The topological polar surface area (TPSA) is 54.0 Å². The van der Waals surface area contributed by atoms with E-state index in [1.54, 1.807) is 12.0 Å². The third kappa shape index (κ3) is 4.37. The minimum absolute atomic E-state index is 0.0393. The van der Waals surface area contributed by atoms with E-state index < -0.39 is 5.60 Å². The summed E-state index contributed by atoms with van der Waals surface area (Å²) in [5, 5.41) is 3.72. The van der Waals surface area contributed by atoms with E-state index >= 15 is 0 Å². The molecule has 2 saturated heterocycles. The van der Waals surface area contributed by atoms with Crippen molar-refractivity contribution < 1.29 is 14.3 Å². The fourth-order valence-corrected chi connectivity index (χ4v) is 3.65. The second-order valence-electron chi connectivity index (χ2n) is 8.14. The second-order valence-corrected chi connectivity index (χ2v) is 8.14. The Morgan fingerprint density at radius 2 is 1.87 bits per heavy atom. The molecule has 3 atom stereocenters. The van der Waals surface area contributed by atoms with Gasteiger partial charge in [0.05, 0.1) is 18.7 Å². The van der Waals surface area contributed by atoms with Crippen LogP contribution in [0, 0.1) is 0 Å². The van der Waals surface area contributed by atoms with E-state index in [0.717, 1.165) is 12.6 Å². The molecule has 0 bridgehead atoms. The van der Waals surface area contributed by atoms with Crippen molar-refractivity contribution in [1.82, 2.24) is 15.1 Å². The van der Waals surface area contributed by atoms with Gasteiger partial charge in [-0.2, -0.15) is 0 Å². The Hall–Kier alpha value is -0.850. The van der Waals surface area contributed by atoms with Crippen molar-refractivity contribution in [2.45, 2.75) is 69.9 Å². The molecule has 3 fully saturated rings. The lowest BCUT2D eigenvalue weighted by molar-refractivity contribution is 0.0252. The molecule has 2 aliphatic heterocycles. The molecular formula is C17H31N3O3. The zero-order valence-corrected chi connectivity index (χ0v) is 14.9. The van der Waals surface area contributed by atoms with Crippen LogP contribution in [0.25, 0.3) is 0 Å². The first-order chi connectivity index (χ1) is 10.9. The van der Waals surface area contributed by atoms with Gasteiger partial charge in [0.25, 0.3) is 0 Å². The SMILES string of the molecule is CO[C@H]1CN(C(=O)OC(C)(C)C)CC1NC1CCN(C2CC2)C1. The number of hydrogen-bond donors (Lipinski definition) is 1. The monoisotopic (exact) mass is 325 g/mol. The van der Waals surface area contributed by atoms with Gasteiger partial charge in [-0.1, -0.05) is 0 Å². The summed E-state index contributed by atoms with van der Waals surface area (Å²) in [4.78, 5) is 16.6. The van der Waals surface area contributed by atoms with Gasteiger partial charge in [-0.25, -0.2) is 4.79 Å². The molecule has 0 aromatic heterocycles. The molecule has 0 aromatic carbocycles. The molecule has 132 valence electrons. The second kappa shape index (κ2) is 6.57. The van der Waals surface area contributed by atoms with Crippen LogP contribution >= 0.6 is 0 Å². The van der Waals surface area contributed by atoms with Gasteiger partial charge in [0.1, 0.15) is 5.60 Å². The Labute approximate surface area is 139 Å². The number of likely N-dealkylation sites (tertiary alicyclic amines) is 2. The third-order valence-corrected chi connectivity index (χ3v) is 4.95. The predicted molar refractivity (Wildman–Crippen MR) is 88.5 cm³/mol. The highest BCUT2D eigenvalue weighted by atomic mass is 16.6. The van der Waals surface area contributed by atoms with Crippen molar-refractivity contribution in [3.8, 4) is 0 Å². The highest BCUT2D eigenvalue weighted by Crippen LogP contribution is 2.30. The number of ether oxygens (including phenoxy) is 2. The molecule has 2 heterocycles. The van der Waals surface area contributed by atoms with Crippen molar-refractivity contribution in [3.05, 3.63) is 0 Å². The van der Waals surface area contributed by atoms with Crippen LogP contribution in [0.15, 0.2) is 0 Å². The summed E-state index contributed by atoms with van der Waals surface area (Å²) >= 11 is 0. The van der Waals surface area contributed by atoms with Crippen LogP contribution in [-0.2, 0) is 9.47 Å². The van der Waals surface area contributed by atoms with Crippen LogP contribution in [-0.4, -0.2) is 79.0 Å². The number of hydrogen-bond acceptors (Lipinski definition) is 5. The van der Waals surface area contributed by atoms with E-state index in [0.29, 0.717) is 19.1 Å². The molecule has 0 radical (unpaired) electrons. The maximum absolute atomic E-state index is 12.3. The lowest BCUT2D eigenvalue weighted by Crippen LogP contribution is -2.47. The smallest absolute Gasteiger partial charge is 0.410 e. The molecule has 3 rings (SSSR count). The number of rotatable bonds is 4. The predicted octanol–water partition coefficient (Wildman–Crippen LogP) is 1.45. The summed E-state index contributed by atoms with van der Waals surface area (Å²) < 4.78 is 11.1. The number of nitrogens with zero attached hydrogens (tertiary/aromatic N) is 2. The molecular weight excluding hydrogens is 294 g/mol. The molecule has 1 amide bonds. The summed E-state index contributed by atoms with van der Waals surface area (Å²) in [5.41, 5.74) is -0.457. The van der Waals surface area contributed by atoms with Crippen LogP contribution in [0.3, 0.4) is 0 Å². The Balaban J connectivity index is 1.51. The lowest BCUT2D eigenvalue weighted by Gasteiger charge is -2.25. The van der Waals surface area contributed by atoms with Gasteiger partial charge in [0, 0.05) is 38.8 Å². The molecule has 1 N–H and O–H groups in total. The quantitative estimate of drug-likeness (QED) is 0.848. The summed E-state index contributed by atoms with van der Waals surface area (Å²) in [7, 11) is 1.73. The van der Waals surface area contributed by atoms with Gasteiger partial charge in [-0.3, -0.25) is 4.90 Å². The maximum atomic E-state index is 12.3. The van der Waals surface area contributed by atoms with Crippen LogP contribution in [0.1, 0.15) is 40.0 Å². The molecule has 0 aromatic rings. The van der Waals surface area contributed by atoms with Crippen LogP contribution in [0.5, 0.6) is 0 Å². The number of methoxy groups -OCH3 is 1. The van der Waals surface area contributed by atoms with Gasteiger partial charge in [-0.15, -0.1) is 0 Å². The van der Waals surface area contributed by atoms with Crippen LogP contribution in [0.2, 0.25) is 0 Å². The zero-order chi connectivity index (χ0) is 16.6. The molecule has 1 aliphatic carbocycles. The summed E-state index contributed by atoms with van der Waals surface area (Å²) in [6.07, 6.45) is 3.72. The summed E-state index contributed by atoms with van der Waals surface area (Å²) in [5.74, 6) is 0. The molecule has 3 aliphatic rings. The molecule has 6 heteroatoms. The minimum atomic E-state index is -0.457. The van der Waals surface area contributed by atoms with Gasteiger partial charge in [0.15, 0.2) is 0 Å². The zero-order valence-electron chi connectivity index (χ0n) is 14.9. The first-order valence-electron chi connectivity index (χ1n) is 8.86. The van der Waals surface area contributed by atoms with E-state index in [2.05, 4.69) is 10.2 Å². The number of nitrogens with one attached hydrogen (secondary N) is 1. The van der Waals surface area contributed by atoms with Crippen molar-refractivity contribution in [2.24, 2.45) is 0 Å². The average Bonchev–Trinajstić information content (AvgIpc) is 3.06. The fraction of sp³-hybridized carbons (Fsp3) is 0.941. The molecule has 0 spiro atoms. The van der Waals surface area contributed by atoms with E-state index in [9.17, 15) is 4.79 Å². The molecule has 6 nitrogen and oxygen atoms in total. The third-order valence-electron chi connectivity index (χ3n) is 4.95. The highest BCUT2D eigenvalue weighted by Gasteiger charge is 2.40. The Morgan fingerprint density at radius 1 is 1.13 bits per heavy atom. The Morgan fingerprint density at radius 3 is 2.48 bits per heavy atom. The van der Waals surface area contributed by atoms with E-state index in [-0.39, 0.29) is 18.2 Å². The van der Waals surface area contributed by atoms with Crippen LogP contribution < -0.4 is 5.32 Å². The normalized spacial score (nSPS) is 32.5. The van der Waals surface area contributed by atoms with Crippen molar-refractivity contribution in [1.29, 1.82) is 0 Å². The summed E-state index contributed by atoms with van der Waals surface area (Å²) in [6, 6.07) is 1.54. The molecule has 1 saturated carbocycles.